The summed E-state index contributed by atoms with van der Waals surface area (Å²) in [6, 6.07) is 5.77. The highest BCUT2D eigenvalue weighted by Gasteiger charge is 2.20. The fourth-order valence-corrected chi connectivity index (χ4v) is 2.92. The van der Waals surface area contributed by atoms with Gasteiger partial charge < -0.3 is 0 Å². The topological polar surface area (TPSA) is 35.6 Å². The van der Waals surface area contributed by atoms with Crippen LogP contribution in [-0.2, 0) is 13.5 Å². The molecule has 3 rings (SSSR count). The van der Waals surface area contributed by atoms with Crippen LogP contribution in [0.5, 0.6) is 0 Å². The van der Waals surface area contributed by atoms with E-state index in [1.807, 2.05) is 43.0 Å². The van der Waals surface area contributed by atoms with Crippen molar-refractivity contribution in [1.29, 1.82) is 0 Å². The molecule has 1 aromatic carbocycles. The zero-order chi connectivity index (χ0) is 15.1. The fraction of sp³-hybridized carbons (Fsp3) is 0.333. The van der Waals surface area contributed by atoms with Crippen molar-refractivity contribution < 1.29 is 0 Å². The van der Waals surface area contributed by atoms with Crippen molar-refractivity contribution in [1.82, 2.24) is 19.3 Å². The lowest BCUT2D eigenvalue weighted by Gasteiger charge is -2.09. The summed E-state index contributed by atoms with van der Waals surface area (Å²) in [7, 11) is 1.92. The maximum absolute atomic E-state index is 6.33. The van der Waals surface area contributed by atoms with Crippen molar-refractivity contribution in [3.63, 3.8) is 0 Å². The monoisotopic (exact) mass is 322 g/mol. The van der Waals surface area contributed by atoms with E-state index in [-0.39, 0.29) is 5.38 Å². The van der Waals surface area contributed by atoms with Crippen molar-refractivity contribution in [2.24, 2.45) is 7.05 Å². The van der Waals surface area contributed by atoms with Crippen LogP contribution in [0.4, 0.5) is 0 Å². The smallest absolute Gasteiger partial charge is 0.132 e. The van der Waals surface area contributed by atoms with Gasteiger partial charge in [-0.1, -0.05) is 24.6 Å². The Morgan fingerprint density at radius 1 is 1.33 bits per heavy atom. The van der Waals surface area contributed by atoms with E-state index in [9.17, 15) is 0 Å². The summed E-state index contributed by atoms with van der Waals surface area (Å²) >= 11 is 12.6. The molecule has 110 valence electrons. The molecule has 0 aliphatic heterocycles. The molecule has 21 heavy (non-hydrogen) atoms. The molecule has 1 atom stereocenters. The van der Waals surface area contributed by atoms with Gasteiger partial charge in [-0.25, -0.2) is 4.98 Å². The highest BCUT2D eigenvalue weighted by Crippen LogP contribution is 2.32. The van der Waals surface area contributed by atoms with Crippen molar-refractivity contribution in [2.75, 3.05) is 0 Å². The molecule has 0 saturated carbocycles. The molecule has 4 nitrogen and oxygen atoms in total. The predicted molar refractivity (Wildman–Crippen MR) is 86.5 cm³/mol. The van der Waals surface area contributed by atoms with Gasteiger partial charge in [0.05, 0.1) is 27.3 Å². The summed E-state index contributed by atoms with van der Waals surface area (Å²) in [6.07, 6.45) is 2.83. The first-order chi connectivity index (χ1) is 10.0. The minimum atomic E-state index is -0.224. The van der Waals surface area contributed by atoms with Gasteiger partial charge in [-0.05, 0) is 25.5 Å². The highest BCUT2D eigenvalue weighted by atomic mass is 35.5. The van der Waals surface area contributed by atoms with Crippen LogP contribution in [0.1, 0.15) is 30.7 Å². The lowest BCUT2D eigenvalue weighted by molar-refractivity contribution is 0.746. The van der Waals surface area contributed by atoms with Gasteiger partial charge in [-0.15, -0.1) is 11.6 Å². The molecule has 0 bridgehead atoms. The molecule has 0 fully saturated rings. The third-order valence-electron chi connectivity index (χ3n) is 3.48. The summed E-state index contributed by atoms with van der Waals surface area (Å²) in [6.45, 7) is 4.00. The number of nitrogens with zero attached hydrogens (tertiary/aromatic N) is 4. The van der Waals surface area contributed by atoms with Gasteiger partial charge in [0.15, 0.2) is 0 Å². The zero-order valence-corrected chi connectivity index (χ0v) is 13.7. The van der Waals surface area contributed by atoms with E-state index in [2.05, 4.69) is 21.6 Å². The van der Waals surface area contributed by atoms with Crippen LogP contribution in [0.25, 0.3) is 16.7 Å². The molecular formula is C15H16Cl2N4. The molecule has 0 N–H and O–H groups in total. The molecule has 1 unspecified atom stereocenters. The Labute approximate surface area is 133 Å². The molecule has 3 aromatic rings. The lowest BCUT2D eigenvalue weighted by atomic mass is 10.2. The second-order valence-electron chi connectivity index (χ2n) is 5.02. The molecule has 0 radical (unpaired) electrons. The van der Waals surface area contributed by atoms with Crippen molar-refractivity contribution >= 4 is 34.2 Å². The molecule has 0 amide bonds. The van der Waals surface area contributed by atoms with E-state index in [0.717, 1.165) is 34.7 Å². The lowest BCUT2D eigenvalue weighted by Crippen LogP contribution is -2.03. The maximum Gasteiger partial charge on any atom is 0.132 e. The Morgan fingerprint density at radius 2 is 2.10 bits per heavy atom. The molecule has 0 aliphatic carbocycles. The average Bonchev–Trinajstić information content (AvgIpc) is 2.99. The highest BCUT2D eigenvalue weighted by molar-refractivity contribution is 6.35. The number of imidazole rings is 1. The Bertz CT molecular complexity index is 801. The summed E-state index contributed by atoms with van der Waals surface area (Å²) in [5.41, 5.74) is 3.74. The third-order valence-corrected chi connectivity index (χ3v) is 3.98. The summed E-state index contributed by atoms with van der Waals surface area (Å²) in [5.74, 6) is 0.780. The van der Waals surface area contributed by atoms with Crippen LogP contribution in [0.2, 0.25) is 5.02 Å². The Morgan fingerprint density at radius 3 is 2.76 bits per heavy atom. The van der Waals surface area contributed by atoms with Crippen molar-refractivity contribution in [3.8, 4) is 5.69 Å². The SMILES string of the molecule is CCc1nn(C)cc1-n1c(C(C)Cl)nc2c(Cl)cccc21. The number of alkyl halides is 1. The van der Waals surface area contributed by atoms with Crippen LogP contribution in [0.15, 0.2) is 24.4 Å². The van der Waals surface area contributed by atoms with Crippen LogP contribution in [-0.4, -0.2) is 19.3 Å². The third kappa shape index (κ3) is 2.32. The number of hydrogen-bond donors (Lipinski definition) is 0. The average molecular weight is 323 g/mol. The quantitative estimate of drug-likeness (QED) is 0.675. The van der Waals surface area contributed by atoms with Gasteiger partial charge >= 0.3 is 0 Å². The minimum absolute atomic E-state index is 0.224. The molecule has 0 saturated heterocycles. The normalized spacial score (nSPS) is 13.0. The number of fused-ring (bicyclic) bond motifs is 1. The number of para-hydroxylation sites is 1. The second-order valence-corrected chi connectivity index (χ2v) is 6.08. The van der Waals surface area contributed by atoms with E-state index < -0.39 is 0 Å². The Hall–Kier alpha value is -1.52. The van der Waals surface area contributed by atoms with Crippen molar-refractivity contribution in [2.45, 2.75) is 25.6 Å². The van der Waals surface area contributed by atoms with Crippen LogP contribution in [0.3, 0.4) is 0 Å². The molecule has 2 aromatic heterocycles. The van der Waals surface area contributed by atoms with Crippen LogP contribution < -0.4 is 0 Å². The Kier molecular flexibility index (Phi) is 3.68. The second kappa shape index (κ2) is 5.35. The fourth-order valence-electron chi connectivity index (χ4n) is 2.56. The number of halogens is 2. The zero-order valence-electron chi connectivity index (χ0n) is 12.1. The summed E-state index contributed by atoms with van der Waals surface area (Å²) in [5, 5.41) is 4.91. The number of aromatic nitrogens is 4. The van der Waals surface area contributed by atoms with Gasteiger partial charge in [0.2, 0.25) is 0 Å². The predicted octanol–water partition coefficient (Wildman–Crippen LogP) is 4.27. The standard InChI is InChI=1S/C15H16Cl2N4/c1-4-11-13(8-20(3)19-11)21-12-7-5-6-10(17)14(12)18-15(21)9(2)16/h5-9H,4H2,1-3H3. The Balaban J connectivity index is 2.39. The molecule has 0 spiro atoms. The van der Waals surface area contributed by atoms with E-state index in [1.165, 1.54) is 0 Å². The van der Waals surface area contributed by atoms with Gasteiger partial charge in [-0.3, -0.25) is 9.25 Å². The summed E-state index contributed by atoms with van der Waals surface area (Å²) < 4.78 is 3.87. The number of benzene rings is 1. The number of hydrogen-bond acceptors (Lipinski definition) is 2. The molecule has 6 heteroatoms. The largest absolute Gasteiger partial charge is 0.292 e. The van der Waals surface area contributed by atoms with Gasteiger partial charge in [-0.2, -0.15) is 5.10 Å². The van der Waals surface area contributed by atoms with Crippen molar-refractivity contribution in [3.05, 3.63) is 40.9 Å². The molecular weight excluding hydrogens is 307 g/mol. The van der Waals surface area contributed by atoms with E-state index in [4.69, 9.17) is 23.2 Å². The van der Waals surface area contributed by atoms with E-state index >= 15 is 0 Å². The molecule has 0 aliphatic rings. The number of rotatable bonds is 3. The number of aryl methyl sites for hydroxylation is 2. The summed E-state index contributed by atoms with van der Waals surface area (Å²) in [4.78, 5) is 4.63. The van der Waals surface area contributed by atoms with Crippen LogP contribution in [0, 0.1) is 0 Å². The van der Waals surface area contributed by atoms with E-state index in [0.29, 0.717) is 5.02 Å². The minimum Gasteiger partial charge on any atom is -0.292 e. The van der Waals surface area contributed by atoms with Crippen LogP contribution >= 0.6 is 23.2 Å². The first-order valence-electron chi connectivity index (χ1n) is 6.86. The first kappa shape index (κ1) is 14.4. The molecule has 2 heterocycles. The van der Waals surface area contributed by atoms with Gasteiger partial charge in [0, 0.05) is 13.2 Å². The van der Waals surface area contributed by atoms with Gasteiger partial charge in [0.1, 0.15) is 11.3 Å². The first-order valence-corrected chi connectivity index (χ1v) is 7.68. The van der Waals surface area contributed by atoms with Gasteiger partial charge in [0.25, 0.3) is 0 Å². The van der Waals surface area contributed by atoms with E-state index in [1.54, 1.807) is 0 Å². The maximum atomic E-state index is 6.33.